The minimum atomic E-state index is -4.48. The van der Waals surface area contributed by atoms with Crippen molar-refractivity contribution < 1.29 is 13.2 Å². The molecule has 10 heteroatoms. The Morgan fingerprint density at radius 1 is 1.33 bits per heavy atom. The van der Waals surface area contributed by atoms with Gasteiger partial charge in [-0.1, -0.05) is 11.6 Å². The first-order valence-corrected chi connectivity index (χ1v) is 4.91. The number of halogens is 4. The van der Waals surface area contributed by atoms with Gasteiger partial charge in [0.15, 0.2) is 5.82 Å². The molecular weight excluding hydrogens is 273 g/mol. The van der Waals surface area contributed by atoms with Gasteiger partial charge < -0.3 is 0 Å². The molecule has 2 heterocycles. The van der Waals surface area contributed by atoms with Gasteiger partial charge in [0.2, 0.25) is 5.95 Å². The van der Waals surface area contributed by atoms with Crippen molar-refractivity contribution >= 4 is 17.5 Å². The number of hydrazine groups is 1. The van der Waals surface area contributed by atoms with Gasteiger partial charge in [0, 0.05) is 6.20 Å². The molecule has 0 radical (unpaired) electrons. The molecule has 2 rings (SSSR count). The van der Waals surface area contributed by atoms with Crippen LogP contribution < -0.4 is 11.3 Å². The number of anilines is 1. The van der Waals surface area contributed by atoms with Crippen molar-refractivity contribution in [1.82, 2.24) is 19.7 Å². The summed E-state index contributed by atoms with van der Waals surface area (Å²) in [6, 6.07) is 0. The zero-order valence-electron chi connectivity index (χ0n) is 8.61. The molecule has 96 valence electrons. The van der Waals surface area contributed by atoms with Crippen LogP contribution in [0.5, 0.6) is 0 Å². The normalized spacial score (nSPS) is 11.6. The average molecular weight is 279 g/mol. The molecule has 0 atom stereocenters. The first-order valence-electron chi connectivity index (χ1n) is 4.53. The van der Waals surface area contributed by atoms with Crippen LogP contribution in [-0.2, 0) is 6.18 Å². The molecule has 0 fully saturated rings. The smallest absolute Gasteiger partial charge is 0.292 e. The first kappa shape index (κ1) is 12.6. The van der Waals surface area contributed by atoms with Gasteiger partial charge in [0.25, 0.3) is 0 Å². The number of nitrogens with one attached hydrogen (secondary N) is 1. The van der Waals surface area contributed by atoms with Gasteiger partial charge in [0.05, 0.1) is 18.0 Å². The molecule has 6 nitrogen and oxygen atoms in total. The maximum absolute atomic E-state index is 12.4. The Balaban J connectivity index is 2.45. The Kier molecular flexibility index (Phi) is 3.09. The van der Waals surface area contributed by atoms with Crippen molar-refractivity contribution in [2.24, 2.45) is 5.84 Å². The van der Waals surface area contributed by atoms with Gasteiger partial charge in [-0.25, -0.2) is 15.5 Å². The minimum Gasteiger partial charge on any atom is -0.292 e. The number of hydrogen-bond donors (Lipinski definition) is 2. The number of rotatable bonds is 2. The lowest BCUT2D eigenvalue weighted by atomic mass is 10.4. The molecule has 0 aromatic carbocycles. The molecule has 0 saturated heterocycles. The molecule has 0 bridgehead atoms. The Bertz CT molecular complexity index is 566. The SMILES string of the molecule is NNc1ncc(Cl)c(-n2cc(C(F)(F)F)cn2)n1. The summed E-state index contributed by atoms with van der Waals surface area (Å²) in [7, 11) is 0. The molecule has 2 aromatic heterocycles. The van der Waals surface area contributed by atoms with E-state index in [-0.39, 0.29) is 16.8 Å². The lowest BCUT2D eigenvalue weighted by Gasteiger charge is -2.05. The highest BCUT2D eigenvalue weighted by Gasteiger charge is 2.32. The summed E-state index contributed by atoms with van der Waals surface area (Å²) in [4.78, 5) is 7.51. The summed E-state index contributed by atoms with van der Waals surface area (Å²) < 4.78 is 38.1. The van der Waals surface area contributed by atoms with Gasteiger partial charge in [0.1, 0.15) is 5.02 Å². The zero-order chi connectivity index (χ0) is 13.3. The van der Waals surface area contributed by atoms with E-state index in [9.17, 15) is 13.2 Å². The highest BCUT2D eigenvalue weighted by Crippen LogP contribution is 2.29. The monoisotopic (exact) mass is 278 g/mol. The van der Waals surface area contributed by atoms with Gasteiger partial charge in [-0.05, 0) is 0 Å². The second-order valence-corrected chi connectivity index (χ2v) is 3.59. The molecule has 3 N–H and O–H groups in total. The summed E-state index contributed by atoms with van der Waals surface area (Å²) in [6.45, 7) is 0. The third-order valence-electron chi connectivity index (χ3n) is 1.98. The molecule has 0 saturated carbocycles. The number of nitrogens with zero attached hydrogens (tertiary/aromatic N) is 4. The lowest BCUT2D eigenvalue weighted by Crippen LogP contribution is -2.12. The second kappa shape index (κ2) is 4.42. The van der Waals surface area contributed by atoms with Crippen LogP contribution >= 0.6 is 11.6 Å². The third-order valence-corrected chi connectivity index (χ3v) is 2.25. The molecule has 0 spiro atoms. The summed E-state index contributed by atoms with van der Waals surface area (Å²) in [5.74, 6) is 5.10. The van der Waals surface area contributed by atoms with Crippen LogP contribution in [0.25, 0.3) is 5.82 Å². The third kappa shape index (κ3) is 2.36. The molecule has 0 aliphatic rings. The fourth-order valence-corrected chi connectivity index (χ4v) is 1.35. The maximum atomic E-state index is 12.4. The van der Waals surface area contributed by atoms with Crippen LogP contribution in [0.4, 0.5) is 19.1 Å². The van der Waals surface area contributed by atoms with Crippen LogP contribution in [0, 0.1) is 0 Å². The number of nitrogens with two attached hydrogens (primary N) is 1. The molecule has 2 aromatic rings. The van der Waals surface area contributed by atoms with Crippen molar-refractivity contribution in [3.8, 4) is 5.82 Å². The molecule has 0 amide bonds. The van der Waals surface area contributed by atoms with Crippen LogP contribution in [0.1, 0.15) is 5.56 Å². The van der Waals surface area contributed by atoms with Crippen molar-refractivity contribution in [2.45, 2.75) is 6.18 Å². The largest absolute Gasteiger partial charge is 0.419 e. The Morgan fingerprint density at radius 3 is 2.61 bits per heavy atom. The van der Waals surface area contributed by atoms with E-state index < -0.39 is 11.7 Å². The van der Waals surface area contributed by atoms with E-state index >= 15 is 0 Å². The van der Waals surface area contributed by atoms with Crippen molar-refractivity contribution in [3.63, 3.8) is 0 Å². The molecule has 0 aliphatic carbocycles. The number of aromatic nitrogens is 4. The van der Waals surface area contributed by atoms with Gasteiger partial charge >= 0.3 is 6.18 Å². The number of nitrogen functional groups attached to an aromatic ring is 1. The van der Waals surface area contributed by atoms with Crippen LogP contribution in [0.15, 0.2) is 18.6 Å². The fraction of sp³-hybridized carbons (Fsp3) is 0.125. The molecule has 18 heavy (non-hydrogen) atoms. The second-order valence-electron chi connectivity index (χ2n) is 3.18. The summed E-state index contributed by atoms with van der Waals surface area (Å²) in [5, 5.41) is 3.59. The van der Waals surface area contributed by atoms with Gasteiger partial charge in [-0.3, -0.25) is 5.43 Å². The zero-order valence-corrected chi connectivity index (χ0v) is 9.37. The summed E-state index contributed by atoms with van der Waals surface area (Å²) in [5.41, 5.74) is 1.25. The van der Waals surface area contributed by atoms with Crippen LogP contribution in [0.2, 0.25) is 5.02 Å². The number of alkyl halides is 3. The summed E-state index contributed by atoms with van der Waals surface area (Å²) >= 11 is 5.78. The molecule has 0 aliphatic heterocycles. The van der Waals surface area contributed by atoms with E-state index in [2.05, 4.69) is 20.5 Å². The quantitative estimate of drug-likeness (QED) is 0.644. The van der Waals surface area contributed by atoms with Crippen molar-refractivity contribution in [1.29, 1.82) is 0 Å². The lowest BCUT2D eigenvalue weighted by molar-refractivity contribution is -0.137. The Hall–Kier alpha value is -1.87. The summed E-state index contributed by atoms with van der Waals surface area (Å²) in [6.07, 6.45) is -1.83. The molecular formula is C8H6ClF3N6. The fourth-order valence-electron chi connectivity index (χ4n) is 1.17. The highest BCUT2D eigenvalue weighted by atomic mass is 35.5. The topological polar surface area (TPSA) is 81.6 Å². The van der Waals surface area contributed by atoms with Crippen LogP contribution in [0.3, 0.4) is 0 Å². The Labute approximate surface area is 104 Å². The van der Waals surface area contributed by atoms with E-state index in [1.807, 2.05) is 0 Å². The van der Waals surface area contributed by atoms with Crippen molar-refractivity contribution in [3.05, 3.63) is 29.2 Å². The van der Waals surface area contributed by atoms with Crippen molar-refractivity contribution in [2.75, 3.05) is 5.43 Å². The van der Waals surface area contributed by atoms with E-state index in [1.165, 1.54) is 6.20 Å². The minimum absolute atomic E-state index is 0.00452. The number of hydrogen-bond acceptors (Lipinski definition) is 5. The van der Waals surface area contributed by atoms with E-state index in [0.717, 1.165) is 10.9 Å². The maximum Gasteiger partial charge on any atom is 0.419 e. The van der Waals surface area contributed by atoms with E-state index in [0.29, 0.717) is 6.20 Å². The van der Waals surface area contributed by atoms with Gasteiger partial charge in [-0.2, -0.15) is 23.3 Å². The first-order chi connectivity index (χ1) is 8.41. The van der Waals surface area contributed by atoms with E-state index in [4.69, 9.17) is 17.4 Å². The highest BCUT2D eigenvalue weighted by molar-refractivity contribution is 6.32. The van der Waals surface area contributed by atoms with Crippen LogP contribution in [-0.4, -0.2) is 19.7 Å². The molecule has 0 unspecified atom stereocenters. The van der Waals surface area contributed by atoms with Gasteiger partial charge in [-0.15, -0.1) is 0 Å². The Morgan fingerprint density at radius 2 is 2.06 bits per heavy atom. The van der Waals surface area contributed by atoms with E-state index in [1.54, 1.807) is 0 Å². The predicted octanol–water partition coefficient (Wildman–Crippen LogP) is 1.62. The average Bonchev–Trinajstić information content (AvgIpc) is 2.78. The predicted molar refractivity (Wildman–Crippen MR) is 57.0 cm³/mol. The standard InChI is InChI=1S/C8H6ClF3N6/c9-5-2-14-7(17-13)16-6(5)18-3-4(1-15-18)8(10,11)12/h1-3H,13H2,(H,14,16,17).